The van der Waals surface area contributed by atoms with E-state index in [1.165, 1.54) is 0 Å². The molecule has 0 aliphatic rings. The number of carbonyl (C=O) groups is 2. The number of likely N-dealkylation sites (N-methyl/N-ethyl adjacent to an activating group) is 2. The molecule has 0 radical (unpaired) electrons. The molecule has 0 aliphatic carbocycles. The minimum absolute atomic E-state index is 0.0799. The third-order valence-electron chi connectivity index (χ3n) is 2.86. The van der Waals surface area contributed by atoms with Gasteiger partial charge in [-0.15, -0.1) is 0 Å². The van der Waals surface area contributed by atoms with Crippen LogP contribution < -0.4 is 10.6 Å². The fourth-order valence-corrected chi connectivity index (χ4v) is 1.26. The molecule has 20 heavy (non-hydrogen) atoms. The van der Waals surface area contributed by atoms with Crippen LogP contribution in [0.5, 0.6) is 0 Å². The molecule has 0 aliphatic heterocycles. The van der Waals surface area contributed by atoms with Crippen LogP contribution in [-0.4, -0.2) is 64.3 Å². The molecule has 2 unspecified atom stereocenters. The zero-order chi connectivity index (χ0) is 16.0. The van der Waals surface area contributed by atoms with Crippen molar-refractivity contribution in [3.05, 3.63) is 0 Å². The van der Waals surface area contributed by atoms with Crippen molar-refractivity contribution >= 4 is 24.0 Å². The molecule has 2 atom stereocenters. The van der Waals surface area contributed by atoms with Crippen LogP contribution in [0.2, 0.25) is 0 Å². The van der Waals surface area contributed by atoms with Crippen molar-refractivity contribution in [1.82, 2.24) is 10.6 Å². The van der Waals surface area contributed by atoms with Crippen molar-refractivity contribution in [3.63, 3.8) is 0 Å². The van der Waals surface area contributed by atoms with Crippen molar-refractivity contribution in [2.24, 2.45) is 9.98 Å². The van der Waals surface area contributed by atoms with Crippen molar-refractivity contribution < 1.29 is 9.59 Å². The lowest BCUT2D eigenvalue weighted by molar-refractivity contribution is -0.110. The second-order valence-corrected chi connectivity index (χ2v) is 4.39. The molecule has 0 bridgehead atoms. The SMILES string of the molecule is CN=C(C)CC(C=O)NC.CN=C(C)CC(C=O)NC. The summed E-state index contributed by atoms with van der Waals surface area (Å²) < 4.78 is 0. The highest BCUT2D eigenvalue weighted by molar-refractivity contribution is 5.85. The van der Waals surface area contributed by atoms with E-state index < -0.39 is 0 Å². The number of nitrogens with zero attached hydrogens (tertiary/aromatic N) is 2. The Bertz CT molecular complexity index is 295. The zero-order valence-corrected chi connectivity index (χ0v) is 13.4. The van der Waals surface area contributed by atoms with Gasteiger partial charge in [-0.2, -0.15) is 0 Å². The molecule has 0 aromatic heterocycles. The number of rotatable bonds is 8. The Balaban J connectivity index is 0. The summed E-state index contributed by atoms with van der Waals surface area (Å²) >= 11 is 0. The maximum atomic E-state index is 10.3. The summed E-state index contributed by atoms with van der Waals surface area (Å²) in [6.07, 6.45) is 3.20. The molecular weight excluding hydrogens is 256 g/mol. The Labute approximate surface area is 122 Å². The first kappa shape index (κ1) is 20.9. The molecule has 0 rings (SSSR count). The highest BCUT2D eigenvalue weighted by atomic mass is 16.1. The summed E-state index contributed by atoms with van der Waals surface area (Å²) in [5.41, 5.74) is 1.98. The zero-order valence-electron chi connectivity index (χ0n) is 13.4. The number of carbonyl (C=O) groups excluding carboxylic acids is 2. The van der Waals surface area contributed by atoms with E-state index in [0.717, 1.165) is 24.0 Å². The summed E-state index contributed by atoms with van der Waals surface area (Å²) in [4.78, 5) is 28.4. The van der Waals surface area contributed by atoms with Crippen LogP contribution in [0.25, 0.3) is 0 Å². The van der Waals surface area contributed by atoms with Gasteiger partial charge in [0.1, 0.15) is 12.6 Å². The Hall–Kier alpha value is -1.40. The number of hydrogen-bond donors (Lipinski definition) is 2. The van der Waals surface area contributed by atoms with Crippen LogP contribution in [0, 0.1) is 0 Å². The molecule has 0 aromatic rings. The predicted molar refractivity (Wildman–Crippen MR) is 85.1 cm³/mol. The highest BCUT2D eigenvalue weighted by Gasteiger charge is 2.04. The minimum atomic E-state index is -0.0799. The monoisotopic (exact) mass is 284 g/mol. The number of aldehydes is 2. The van der Waals surface area contributed by atoms with Crippen molar-refractivity contribution in [1.29, 1.82) is 0 Å². The molecule has 0 spiro atoms. The summed E-state index contributed by atoms with van der Waals surface area (Å²) in [6.45, 7) is 3.82. The molecule has 0 amide bonds. The van der Waals surface area contributed by atoms with Gasteiger partial charge in [-0.05, 0) is 27.9 Å². The third kappa shape index (κ3) is 11.7. The molecule has 0 heterocycles. The van der Waals surface area contributed by atoms with E-state index in [-0.39, 0.29) is 12.1 Å². The topological polar surface area (TPSA) is 82.9 Å². The standard InChI is InChI=1S/2C7H14N2O/c2*1-6(8-2)4-7(5-10)9-3/h2*5,7,9H,4H2,1-3H3. The minimum Gasteiger partial charge on any atom is -0.310 e. The normalized spacial score (nSPS) is 14.9. The lowest BCUT2D eigenvalue weighted by Gasteiger charge is -2.06. The van der Waals surface area contributed by atoms with E-state index in [1.807, 2.05) is 13.8 Å². The molecule has 0 aromatic carbocycles. The molecule has 6 nitrogen and oxygen atoms in total. The molecule has 116 valence electrons. The van der Waals surface area contributed by atoms with E-state index in [2.05, 4.69) is 20.6 Å². The Morgan fingerprint density at radius 3 is 1.35 bits per heavy atom. The van der Waals surface area contributed by atoms with Crippen molar-refractivity contribution in [2.45, 2.75) is 38.8 Å². The van der Waals surface area contributed by atoms with Gasteiger partial charge < -0.3 is 20.2 Å². The third-order valence-corrected chi connectivity index (χ3v) is 2.86. The van der Waals surface area contributed by atoms with E-state index in [4.69, 9.17) is 0 Å². The van der Waals surface area contributed by atoms with Gasteiger partial charge in [0.25, 0.3) is 0 Å². The maximum absolute atomic E-state index is 10.3. The smallest absolute Gasteiger partial charge is 0.137 e. The maximum Gasteiger partial charge on any atom is 0.137 e. The van der Waals surface area contributed by atoms with Crippen LogP contribution in [-0.2, 0) is 9.59 Å². The van der Waals surface area contributed by atoms with Gasteiger partial charge in [-0.25, -0.2) is 0 Å². The molecule has 0 saturated heterocycles. The quantitative estimate of drug-likeness (QED) is 0.502. The van der Waals surface area contributed by atoms with Crippen LogP contribution in [0.4, 0.5) is 0 Å². The van der Waals surface area contributed by atoms with Crippen LogP contribution in [0.1, 0.15) is 26.7 Å². The van der Waals surface area contributed by atoms with Crippen LogP contribution in [0.3, 0.4) is 0 Å². The molecule has 0 fully saturated rings. The highest BCUT2D eigenvalue weighted by Crippen LogP contribution is 1.90. The first-order valence-corrected chi connectivity index (χ1v) is 6.58. The average molecular weight is 284 g/mol. The number of aliphatic imine (C=N–C) groups is 2. The molecule has 0 saturated carbocycles. The first-order chi connectivity index (χ1) is 9.48. The summed E-state index contributed by atoms with van der Waals surface area (Å²) in [5, 5.41) is 5.74. The second-order valence-electron chi connectivity index (χ2n) is 4.39. The first-order valence-electron chi connectivity index (χ1n) is 6.58. The number of nitrogens with one attached hydrogen (secondary N) is 2. The lowest BCUT2D eigenvalue weighted by Crippen LogP contribution is -2.28. The Kier molecular flexibility index (Phi) is 14.7. The van der Waals surface area contributed by atoms with Crippen molar-refractivity contribution in [2.75, 3.05) is 28.2 Å². The van der Waals surface area contributed by atoms with Gasteiger partial charge in [0.2, 0.25) is 0 Å². The fraction of sp³-hybridized carbons (Fsp3) is 0.714. The summed E-state index contributed by atoms with van der Waals surface area (Å²) in [5.74, 6) is 0. The van der Waals surface area contributed by atoms with E-state index in [0.29, 0.717) is 12.8 Å². The largest absolute Gasteiger partial charge is 0.310 e. The van der Waals surface area contributed by atoms with Gasteiger partial charge in [-0.1, -0.05) is 0 Å². The lowest BCUT2D eigenvalue weighted by atomic mass is 10.2. The number of hydrogen-bond acceptors (Lipinski definition) is 6. The van der Waals surface area contributed by atoms with Gasteiger partial charge in [0.05, 0.1) is 12.1 Å². The van der Waals surface area contributed by atoms with Gasteiger partial charge in [0, 0.05) is 38.4 Å². The second kappa shape index (κ2) is 14.0. The molecule has 6 heteroatoms. The van der Waals surface area contributed by atoms with Gasteiger partial charge in [0.15, 0.2) is 0 Å². The average Bonchev–Trinajstić information content (AvgIpc) is 2.50. The van der Waals surface area contributed by atoms with Gasteiger partial charge in [-0.3, -0.25) is 9.98 Å². The Morgan fingerprint density at radius 2 is 1.20 bits per heavy atom. The van der Waals surface area contributed by atoms with Crippen LogP contribution >= 0.6 is 0 Å². The molecule has 2 N–H and O–H groups in total. The Morgan fingerprint density at radius 1 is 0.900 bits per heavy atom. The van der Waals surface area contributed by atoms with Crippen molar-refractivity contribution in [3.8, 4) is 0 Å². The van der Waals surface area contributed by atoms with Crippen LogP contribution in [0.15, 0.2) is 9.98 Å². The predicted octanol–water partition coefficient (Wildman–Crippen LogP) is 0.508. The van der Waals surface area contributed by atoms with E-state index >= 15 is 0 Å². The van der Waals surface area contributed by atoms with E-state index in [1.54, 1.807) is 28.2 Å². The summed E-state index contributed by atoms with van der Waals surface area (Å²) in [6, 6.07) is -0.160. The molecular formula is C14H28N4O2. The van der Waals surface area contributed by atoms with Gasteiger partial charge >= 0.3 is 0 Å². The van der Waals surface area contributed by atoms with E-state index in [9.17, 15) is 9.59 Å². The fourth-order valence-electron chi connectivity index (χ4n) is 1.26. The summed E-state index contributed by atoms with van der Waals surface area (Å²) in [7, 11) is 6.99.